The summed E-state index contributed by atoms with van der Waals surface area (Å²) < 4.78 is 0.664. The van der Waals surface area contributed by atoms with E-state index in [0.29, 0.717) is 4.34 Å². The van der Waals surface area contributed by atoms with Gasteiger partial charge in [0.05, 0.1) is 15.3 Å². The number of carbonyl (C=O) groups excluding carboxylic acids is 1. The SMILES string of the molecule is CCN(Cc1cccs1)C(C)C(=O)c1ccc(Cl)s1. The topological polar surface area (TPSA) is 20.3 Å². The van der Waals surface area contributed by atoms with Crippen molar-refractivity contribution in [2.24, 2.45) is 0 Å². The number of nitrogens with zero attached hydrogens (tertiary/aromatic N) is 1. The molecule has 0 saturated heterocycles. The molecule has 2 rings (SSSR count). The first-order valence-electron chi connectivity index (χ1n) is 6.17. The van der Waals surface area contributed by atoms with Crippen molar-refractivity contribution < 1.29 is 4.79 Å². The Hall–Kier alpha value is -0.680. The minimum Gasteiger partial charge on any atom is -0.291 e. The first kappa shape index (κ1) is 14.7. The Morgan fingerprint density at radius 3 is 2.74 bits per heavy atom. The molecule has 0 radical (unpaired) electrons. The summed E-state index contributed by atoms with van der Waals surface area (Å²) in [6.45, 7) is 5.72. The molecule has 1 unspecified atom stereocenters. The van der Waals surface area contributed by atoms with Gasteiger partial charge in [0.15, 0.2) is 5.78 Å². The lowest BCUT2D eigenvalue weighted by Crippen LogP contribution is -2.38. The largest absolute Gasteiger partial charge is 0.291 e. The molecule has 19 heavy (non-hydrogen) atoms. The van der Waals surface area contributed by atoms with Gasteiger partial charge in [-0.1, -0.05) is 24.6 Å². The van der Waals surface area contributed by atoms with Crippen molar-refractivity contribution in [1.29, 1.82) is 0 Å². The normalized spacial score (nSPS) is 12.8. The Balaban J connectivity index is 2.07. The first-order chi connectivity index (χ1) is 9.11. The molecule has 0 aromatic carbocycles. The maximum absolute atomic E-state index is 12.4. The van der Waals surface area contributed by atoms with Crippen molar-refractivity contribution in [2.45, 2.75) is 26.4 Å². The van der Waals surface area contributed by atoms with Gasteiger partial charge in [-0.05, 0) is 37.0 Å². The molecule has 0 aliphatic rings. The smallest absolute Gasteiger partial charge is 0.189 e. The minimum absolute atomic E-state index is 0.123. The van der Waals surface area contributed by atoms with E-state index in [1.165, 1.54) is 16.2 Å². The Morgan fingerprint density at radius 2 is 2.21 bits per heavy atom. The molecule has 0 N–H and O–H groups in total. The molecule has 102 valence electrons. The molecule has 0 bridgehead atoms. The van der Waals surface area contributed by atoms with Crippen LogP contribution in [-0.4, -0.2) is 23.3 Å². The fourth-order valence-corrected chi connectivity index (χ4v) is 3.74. The third kappa shape index (κ3) is 3.66. The van der Waals surface area contributed by atoms with E-state index >= 15 is 0 Å². The lowest BCUT2D eigenvalue weighted by Gasteiger charge is -2.25. The number of likely N-dealkylation sites (N-methyl/N-ethyl adjacent to an activating group) is 1. The summed E-state index contributed by atoms with van der Waals surface area (Å²) in [6.07, 6.45) is 0. The molecule has 2 aromatic rings. The zero-order chi connectivity index (χ0) is 13.8. The van der Waals surface area contributed by atoms with E-state index in [0.717, 1.165) is 18.0 Å². The molecule has 0 saturated carbocycles. The summed E-state index contributed by atoms with van der Waals surface area (Å²) in [6, 6.07) is 7.61. The highest BCUT2D eigenvalue weighted by Crippen LogP contribution is 2.24. The second-order valence-electron chi connectivity index (χ2n) is 4.29. The van der Waals surface area contributed by atoms with Gasteiger partial charge >= 0.3 is 0 Å². The van der Waals surface area contributed by atoms with Gasteiger partial charge in [-0.2, -0.15) is 0 Å². The molecule has 0 fully saturated rings. The van der Waals surface area contributed by atoms with Crippen molar-refractivity contribution in [3.8, 4) is 0 Å². The summed E-state index contributed by atoms with van der Waals surface area (Å²) >= 11 is 8.97. The fraction of sp³-hybridized carbons (Fsp3) is 0.357. The fourth-order valence-electron chi connectivity index (χ4n) is 1.94. The number of ketones is 1. The van der Waals surface area contributed by atoms with Crippen LogP contribution >= 0.6 is 34.3 Å². The molecule has 2 nitrogen and oxygen atoms in total. The molecule has 0 spiro atoms. The Kier molecular flexibility index (Phi) is 5.16. The molecule has 2 heterocycles. The lowest BCUT2D eigenvalue weighted by molar-refractivity contribution is 0.0841. The summed E-state index contributed by atoms with van der Waals surface area (Å²) in [5, 5.41) is 2.06. The van der Waals surface area contributed by atoms with Gasteiger partial charge in [-0.15, -0.1) is 22.7 Å². The molecule has 0 amide bonds. The second kappa shape index (κ2) is 6.66. The van der Waals surface area contributed by atoms with Gasteiger partial charge in [-0.3, -0.25) is 9.69 Å². The maximum atomic E-state index is 12.4. The van der Waals surface area contributed by atoms with Crippen molar-refractivity contribution in [3.05, 3.63) is 43.7 Å². The van der Waals surface area contributed by atoms with Gasteiger partial charge in [-0.25, -0.2) is 0 Å². The predicted molar refractivity (Wildman–Crippen MR) is 83.5 cm³/mol. The monoisotopic (exact) mass is 313 g/mol. The van der Waals surface area contributed by atoms with Crippen LogP contribution in [0, 0.1) is 0 Å². The number of carbonyl (C=O) groups is 1. The van der Waals surface area contributed by atoms with E-state index in [2.05, 4.69) is 23.3 Å². The quantitative estimate of drug-likeness (QED) is 0.729. The summed E-state index contributed by atoms with van der Waals surface area (Å²) in [5.74, 6) is 0.148. The highest BCUT2D eigenvalue weighted by molar-refractivity contribution is 7.18. The Labute approximate surface area is 126 Å². The van der Waals surface area contributed by atoms with Crippen molar-refractivity contribution in [2.75, 3.05) is 6.54 Å². The van der Waals surface area contributed by atoms with Crippen LogP contribution in [0.3, 0.4) is 0 Å². The standard InChI is InChI=1S/C14H16ClNOS2/c1-3-16(9-11-5-4-8-18-11)10(2)14(17)12-6-7-13(15)19-12/h4-8,10H,3,9H2,1-2H3. The van der Waals surface area contributed by atoms with Crippen molar-refractivity contribution >= 4 is 40.1 Å². The van der Waals surface area contributed by atoms with Crippen molar-refractivity contribution in [3.63, 3.8) is 0 Å². The predicted octanol–water partition coefficient (Wildman–Crippen LogP) is 4.56. The van der Waals surface area contributed by atoms with Crippen LogP contribution in [0.1, 0.15) is 28.4 Å². The van der Waals surface area contributed by atoms with Gasteiger partial charge in [0.2, 0.25) is 0 Å². The lowest BCUT2D eigenvalue weighted by atomic mass is 10.1. The van der Waals surface area contributed by atoms with E-state index in [9.17, 15) is 4.79 Å². The highest BCUT2D eigenvalue weighted by Gasteiger charge is 2.22. The first-order valence-corrected chi connectivity index (χ1v) is 8.25. The maximum Gasteiger partial charge on any atom is 0.189 e. The number of hydrogen-bond acceptors (Lipinski definition) is 4. The highest BCUT2D eigenvalue weighted by atomic mass is 35.5. The van der Waals surface area contributed by atoms with Crippen LogP contribution in [0.2, 0.25) is 4.34 Å². The Bertz CT molecular complexity index is 535. The summed E-state index contributed by atoms with van der Waals surface area (Å²) in [7, 11) is 0. The number of Topliss-reactive ketones (excluding diaryl/α,β-unsaturated/α-hetero) is 1. The van der Waals surface area contributed by atoms with Gasteiger partial charge in [0, 0.05) is 11.4 Å². The third-order valence-electron chi connectivity index (χ3n) is 3.09. The van der Waals surface area contributed by atoms with Crippen LogP contribution < -0.4 is 0 Å². The minimum atomic E-state index is -0.123. The number of thiophene rings is 2. The van der Waals surface area contributed by atoms with E-state index in [-0.39, 0.29) is 11.8 Å². The van der Waals surface area contributed by atoms with E-state index in [4.69, 9.17) is 11.6 Å². The molecule has 2 aromatic heterocycles. The third-order valence-corrected chi connectivity index (χ3v) is 5.20. The summed E-state index contributed by atoms with van der Waals surface area (Å²) in [4.78, 5) is 16.6. The number of hydrogen-bond donors (Lipinski definition) is 0. The van der Waals surface area contributed by atoms with Crippen LogP contribution in [-0.2, 0) is 6.54 Å². The van der Waals surface area contributed by atoms with Crippen LogP contribution in [0.5, 0.6) is 0 Å². The molecule has 5 heteroatoms. The van der Waals surface area contributed by atoms with Gasteiger partial charge in [0.1, 0.15) is 0 Å². The molecular weight excluding hydrogens is 298 g/mol. The molecule has 1 atom stereocenters. The number of halogens is 1. The Morgan fingerprint density at radius 1 is 1.42 bits per heavy atom. The van der Waals surface area contributed by atoms with E-state index in [1.54, 1.807) is 17.4 Å². The average Bonchev–Trinajstić information content (AvgIpc) is 3.05. The second-order valence-corrected chi connectivity index (χ2v) is 7.03. The van der Waals surface area contributed by atoms with Crippen molar-refractivity contribution in [1.82, 2.24) is 4.90 Å². The molecular formula is C14H16ClNOS2. The number of rotatable bonds is 6. The summed E-state index contributed by atoms with van der Waals surface area (Å²) in [5.41, 5.74) is 0. The zero-order valence-corrected chi connectivity index (χ0v) is 13.3. The molecule has 0 aliphatic heterocycles. The van der Waals surface area contributed by atoms with Gasteiger partial charge < -0.3 is 0 Å². The van der Waals surface area contributed by atoms with E-state index in [1.807, 2.05) is 19.1 Å². The van der Waals surface area contributed by atoms with E-state index < -0.39 is 0 Å². The average molecular weight is 314 g/mol. The van der Waals surface area contributed by atoms with Gasteiger partial charge in [0.25, 0.3) is 0 Å². The van der Waals surface area contributed by atoms with Crippen LogP contribution in [0.25, 0.3) is 0 Å². The zero-order valence-electron chi connectivity index (χ0n) is 10.9. The molecule has 0 aliphatic carbocycles. The van der Waals surface area contributed by atoms with Crippen LogP contribution in [0.4, 0.5) is 0 Å². The van der Waals surface area contributed by atoms with Crippen LogP contribution in [0.15, 0.2) is 29.6 Å².